The molecule has 1 heterocycles. The molecule has 2 aromatic rings. The number of nitrogens with one attached hydrogen (secondary N) is 1. The van der Waals surface area contributed by atoms with Gasteiger partial charge >= 0.3 is 5.97 Å². The van der Waals surface area contributed by atoms with Gasteiger partial charge in [0.1, 0.15) is 0 Å². The molecular formula is C20H25NO2S. The highest BCUT2D eigenvalue weighted by atomic mass is 32.1. The minimum absolute atomic E-state index is 0.167. The van der Waals surface area contributed by atoms with E-state index in [0.29, 0.717) is 12.0 Å². The largest absolute Gasteiger partial charge is 0.481 e. The highest BCUT2D eigenvalue weighted by Gasteiger charge is 2.29. The Labute approximate surface area is 147 Å². The molecular weight excluding hydrogens is 318 g/mol. The van der Waals surface area contributed by atoms with E-state index in [0.717, 1.165) is 25.8 Å². The Morgan fingerprint density at radius 3 is 2.83 bits per heavy atom. The summed E-state index contributed by atoms with van der Waals surface area (Å²) in [5, 5.41) is 12.6. The fourth-order valence-corrected chi connectivity index (χ4v) is 4.27. The molecule has 0 amide bonds. The van der Waals surface area contributed by atoms with Gasteiger partial charge in [-0.2, -0.15) is 0 Å². The van der Waals surface area contributed by atoms with E-state index in [1.807, 2.05) is 11.3 Å². The summed E-state index contributed by atoms with van der Waals surface area (Å²) in [7, 11) is 0. The lowest BCUT2D eigenvalue weighted by Crippen LogP contribution is -2.26. The first-order chi connectivity index (χ1) is 11.5. The molecule has 128 valence electrons. The van der Waals surface area contributed by atoms with Crippen LogP contribution >= 0.6 is 11.3 Å². The topological polar surface area (TPSA) is 49.3 Å². The van der Waals surface area contributed by atoms with E-state index in [1.54, 1.807) is 0 Å². The number of hydrogen-bond donors (Lipinski definition) is 2. The number of benzene rings is 1. The van der Waals surface area contributed by atoms with Gasteiger partial charge in [0.15, 0.2) is 0 Å². The van der Waals surface area contributed by atoms with Crippen molar-refractivity contribution in [3.8, 4) is 10.4 Å². The molecule has 1 fully saturated rings. The molecule has 1 saturated carbocycles. The molecule has 1 aromatic carbocycles. The van der Waals surface area contributed by atoms with Crippen LogP contribution in [0.3, 0.4) is 0 Å². The maximum absolute atomic E-state index is 11.0. The second kappa shape index (κ2) is 7.49. The third-order valence-electron chi connectivity index (χ3n) is 4.85. The summed E-state index contributed by atoms with van der Waals surface area (Å²) in [5.74, 6) is -0.279. The van der Waals surface area contributed by atoms with Crippen LogP contribution in [-0.2, 0) is 11.3 Å². The number of thiophene rings is 1. The van der Waals surface area contributed by atoms with Gasteiger partial charge in [-0.05, 0) is 48.4 Å². The second-order valence-corrected chi connectivity index (χ2v) is 8.14. The Morgan fingerprint density at radius 2 is 2.12 bits per heavy atom. The zero-order chi connectivity index (χ0) is 17.1. The molecule has 0 aliphatic heterocycles. The van der Waals surface area contributed by atoms with Gasteiger partial charge in [-0.1, -0.05) is 38.1 Å². The van der Waals surface area contributed by atoms with E-state index >= 15 is 0 Å². The average Bonchev–Trinajstić information content (AvgIpc) is 3.22. The normalized spacial score (nSPS) is 20.6. The SMILES string of the molecule is CC(C)c1cccc(-c2ccc(CN[C@H]3CC[C@@H](C(=O)O)C3)s2)c1. The summed E-state index contributed by atoms with van der Waals surface area (Å²) in [6.07, 6.45) is 2.51. The Bertz CT molecular complexity index is 707. The number of rotatable bonds is 6. The third kappa shape index (κ3) is 4.05. The van der Waals surface area contributed by atoms with Crippen molar-refractivity contribution in [3.05, 3.63) is 46.8 Å². The minimum Gasteiger partial charge on any atom is -0.481 e. The van der Waals surface area contributed by atoms with Crippen molar-refractivity contribution in [1.82, 2.24) is 5.32 Å². The quantitative estimate of drug-likeness (QED) is 0.786. The van der Waals surface area contributed by atoms with Gasteiger partial charge in [0.25, 0.3) is 0 Å². The van der Waals surface area contributed by atoms with E-state index in [9.17, 15) is 4.79 Å². The van der Waals surface area contributed by atoms with E-state index in [1.165, 1.54) is 20.9 Å². The van der Waals surface area contributed by atoms with Crippen LogP contribution in [0.4, 0.5) is 0 Å². The number of aliphatic carboxylic acids is 1. The van der Waals surface area contributed by atoms with Crippen LogP contribution in [0, 0.1) is 5.92 Å². The molecule has 3 rings (SSSR count). The number of hydrogen-bond acceptors (Lipinski definition) is 3. The van der Waals surface area contributed by atoms with Gasteiger partial charge in [0.2, 0.25) is 0 Å². The van der Waals surface area contributed by atoms with Crippen molar-refractivity contribution in [1.29, 1.82) is 0 Å². The second-order valence-electron chi connectivity index (χ2n) is 6.97. The van der Waals surface area contributed by atoms with Crippen molar-refractivity contribution in [2.45, 2.75) is 51.6 Å². The Hall–Kier alpha value is -1.65. The van der Waals surface area contributed by atoms with Crippen molar-refractivity contribution < 1.29 is 9.90 Å². The van der Waals surface area contributed by atoms with Gasteiger partial charge in [0, 0.05) is 22.3 Å². The molecule has 2 N–H and O–H groups in total. The zero-order valence-electron chi connectivity index (χ0n) is 14.3. The fourth-order valence-electron chi connectivity index (χ4n) is 3.32. The summed E-state index contributed by atoms with van der Waals surface area (Å²) in [6.45, 7) is 5.26. The summed E-state index contributed by atoms with van der Waals surface area (Å²) in [6, 6.07) is 13.5. The molecule has 3 nitrogen and oxygen atoms in total. The maximum atomic E-state index is 11.0. The van der Waals surface area contributed by atoms with Crippen molar-refractivity contribution in [2.75, 3.05) is 0 Å². The summed E-state index contributed by atoms with van der Waals surface area (Å²) < 4.78 is 0. The van der Waals surface area contributed by atoms with Crippen LogP contribution in [0.1, 0.15) is 49.5 Å². The summed E-state index contributed by atoms with van der Waals surface area (Å²) in [4.78, 5) is 13.6. The molecule has 24 heavy (non-hydrogen) atoms. The molecule has 0 radical (unpaired) electrons. The Morgan fingerprint density at radius 1 is 1.29 bits per heavy atom. The Balaban J connectivity index is 1.60. The van der Waals surface area contributed by atoms with E-state index in [2.05, 4.69) is 55.6 Å². The average molecular weight is 343 g/mol. The lowest BCUT2D eigenvalue weighted by molar-refractivity contribution is -0.141. The molecule has 1 aliphatic carbocycles. The molecule has 1 aliphatic rings. The van der Waals surface area contributed by atoms with E-state index < -0.39 is 5.97 Å². The smallest absolute Gasteiger partial charge is 0.306 e. The first-order valence-electron chi connectivity index (χ1n) is 8.68. The minimum atomic E-state index is -0.650. The van der Waals surface area contributed by atoms with Crippen LogP contribution in [0.25, 0.3) is 10.4 Å². The molecule has 0 unspecified atom stereocenters. The van der Waals surface area contributed by atoms with Crippen molar-refractivity contribution in [2.24, 2.45) is 5.92 Å². The van der Waals surface area contributed by atoms with Gasteiger partial charge in [-0.3, -0.25) is 4.79 Å². The number of carboxylic acids is 1. The van der Waals surface area contributed by atoms with E-state index in [4.69, 9.17) is 5.11 Å². The third-order valence-corrected chi connectivity index (χ3v) is 5.98. The molecule has 4 heteroatoms. The maximum Gasteiger partial charge on any atom is 0.306 e. The van der Waals surface area contributed by atoms with E-state index in [-0.39, 0.29) is 5.92 Å². The Kier molecular flexibility index (Phi) is 5.36. The molecule has 1 aromatic heterocycles. The zero-order valence-corrected chi connectivity index (χ0v) is 15.1. The van der Waals surface area contributed by atoms with Gasteiger partial charge < -0.3 is 10.4 Å². The lowest BCUT2D eigenvalue weighted by atomic mass is 10.0. The highest BCUT2D eigenvalue weighted by molar-refractivity contribution is 7.15. The molecule has 0 saturated heterocycles. The predicted octanol–water partition coefficient (Wildman–Crippen LogP) is 4.88. The van der Waals surface area contributed by atoms with Crippen LogP contribution < -0.4 is 5.32 Å². The number of carbonyl (C=O) groups is 1. The lowest BCUT2D eigenvalue weighted by Gasteiger charge is -2.11. The van der Waals surface area contributed by atoms with Crippen LogP contribution in [0.5, 0.6) is 0 Å². The van der Waals surface area contributed by atoms with Crippen LogP contribution in [0.15, 0.2) is 36.4 Å². The van der Waals surface area contributed by atoms with Crippen molar-refractivity contribution >= 4 is 17.3 Å². The summed E-state index contributed by atoms with van der Waals surface area (Å²) >= 11 is 1.82. The first kappa shape index (κ1) is 17.2. The standard InChI is InChI=1S/C20H25NO2S/c1-13(2)14-4-3-5-15(10-14)19-9-8-18(24-19)12-21-17-7-6-16(11-17)20(22)23/h3-5,8-10,13,16-17,21H,6-7,11-12H2,1-2H3,(H,22,23)/t16-,17+/m1/s1. The predicted molar refractivity (Wildman–Crippen MR) is 99.4 cm³/mol. The van der Waals surface area contributed by atoms with Crippen LogP contribution in [0.2, 0.25) is 0 Å². The molecule has 0 spiro atoms. The monoisotopic (exact) mass is 343 g/mol. The summed E-state index contributed by atoms with van der Waals surface area (Å²) in [5.41, 5.74) is 2.65. The van der Waals surface area contributed by atoms with Gasteiger partial charge in [0.05, 0.1) is 5.92 Å². The first-order valence-corrected chi connectivity index (χ1v) is 9.50. The van der Waals surface area contributed by atoms with Gasteiger partial charge in [-0.25, -0.2) is 0 Å². The molecule has 0 bridgehead atoms. The molecule has 2 atom stereocenters. The van der Waals surface area contributed by atoms with Gasteiger partial charge in [-0.15, -0.1) is 11.3 Å². The number of carboxylic acid groups (broad SMARTS) is 1. The van der Waals surface area contributed by atoms with Crippen molar-refractivity contribution in [3.63, 3.8) is 0 Å². The van der Waals surface area contributed by atoms with Crippen LogP contribution in [-0.4, -0.2) is 17.1 Å². The highest BCUT2D eigenvalue weighted by Crippen LogP contribution is 2.31. The fraction of sp³-hybridized carbons (Fsp3) is 0.450.